The summed E-state index contributed by atoms with van der Waals surface area (Å²) in [6, 6.07) is 6.39. The molecule has 0 radical (unpaired) electrons. The number of rotatable bonds is 4. The van der Waals surface area contributed by atoms with Crippen LogP contribution in [0.25, 0.3) is 11.4 Å². The van der Waals surface area contributed by atoms with Gasteiger partial charge in [0.15, 0.2) is 0 Å². The first kappa shape index (κ1) is 12.3. The lowest BCUT2D eigenvalue weighted by molar-refractivity contribution is -0.136. The van der Waals surface area contributed by atoms with Crippen LogP contribution in [0.4, 0.5) is 4.39 Å². The number of benzene rings is 1. The average molecular weight is 248 g/mol. The fourth-order valence-electron chi connectivity index (χ4n) is 1.80. The van der Waals surface area contributed by atoms with Crippen molar-refractivity contribution in [1.29, 1.82) is 0 Å². The predicted octanol–water partition coefficient (Wildman–Crippen LogP) is 2.24. The van der Waals surface area contributed by atoms with Crippen LogP contribution in [-0.2, 0) is 18.3 Å². The van der Waals surface area contributed by atoms with Crippen LogP contribution in [0.2, 0.25) is 0 Å². The molecule has 0 aliphatic carbocycles. The second-order valence-corrected chi connectivity index (χ2v) is 4.01. The predicted molar refractivity (Wildman–Crippen MR) is 64.6 cm³/mol. The summed E-state index contributed by atoms with van der Waals surface area (Å²) in [7, 11) is 1.76. The summed E-state index contributed by atoms with van der Waals surface area (Å²) in [6.45, 7) is 0. The molecule has 0 spiro atoms. The summed E-state index contributed by atoms with van der Waals surface area (Å²) >= 11 is 0. The molecule has 0 fully saturated rings. The molecule has 1 aromatic heterocycles. The third-order valence-corrected chi connectivity index (χ3v) is 2.79. The van der Waals surface area contributed by atoms with E-state index in [4.69, 9.17) is 5.11 Å². The van der Waals surface area contributed by atoms with Crippen molar-refractivity contribution in [2.75, 3.05) is 0 Å². The number of carboxylic acids is 1. The first-order valence-corrected chi connectivity index (χ1v) is 5.57. The highest BCUT2D eigenvalue weighted by atomic mass is 19.1. The number of imidazole rings is 1. The second-order valence-electron chi connectivity index (χ2n) is 4.01. The Morgan fingerprint density at radius 2 is 2.17 bits per heavy atom. The van der Waals surface area contributed by atoms with Gasteiger partial charge in [0, 0.05) is 18.9 Å². The first-order chi connectivity index (χ1) is 8.59. The Morgan fingerprint density at radius 3 is 2.83 bits per heavy atom. The number of halogens is 1. The summed E-state index contributed by atoms with van der Waals surface area (Å²) in [5.74, 6) is -0.687. The van der Waals surface area contributed by atoms with Gasteiger partial charge in [0.1, 0.15) is 11.6 Å². The van der Waals surface area contributed by atoms with E-state index in [0.29, 0.717) is 17.8 Å². The van der Waals surface area contributed by atoms with Gasteiger partial charge in [0.05, 0.1) is 12.0 Å². The third-order valence-electron chi connectivity index (χ3n) is 2.79. The van der Waals surface area contributed by atoms with Crippen molar-refractivity contribution >= 4 is 5.97 Å². The first-order valence-electron chi connectivity index (χ1n) is 5.57. The third kappa shape index (κ3) is 2.40. The molecule has 1 aromatic carbocycles. The summed E-state index contributed by atoms with van der Waals surface area (Å²) in [6.07, 6.45) is 2.01. The molecule has 18 heavy (non-hydrogen) atoms. The smallest absolute Gasteiger partial charge is 0.303 e. The van der Waals surface area contributed by atoms with Gasteiger partial charge in [-0.3, -0.25) is 4.79 Å². The summed E-state index contributed by atoms with van der Waals surface area (Å²) in [4.78, 5) is 14.7. The SMILES string of the molecule is Cn1c(CCC(=O)O)cnc1-c1ccccc1F. The van der Waals surface area contributed by atoms with E-state index < -0.39 is 5.97 Å². The Morgan fingerprint density at radius 1 is 1.44 bits per heavy atom. The minimum absolute atomic E-state index is 0.0379. The van der Waals surface area contributed by atoms with Gasteiger partial charge in [0.2, 0.25) is 0 Å². The van der Waals surface area contributed by atoms with E-state index in [9.17, 15) is 9.18 Å². The van der Waals surface area contributed by atoms with Crippen LogP contribution in [-0.4, -0.2) is 20.6 Å². The molecule has 0 bridgehead atoms. The molecule has 94 valence electrons. The normalized spacial score (nSPS) is 10.6. The lowest BCUT2D eigenvalue weighted by Crippen LogP contribution is -2.03. The van der Waals surface area contributed by atoms with Gasteiger partial charge in [-0.25, -0.2) is 9.37 Å². The highest BCUT2D eigenvalue weighted by Crippen LogP contribution is 2.22. The van der Waals surface area contributed by atoms with Crippen LogP contribution in [0.3, 0.4) is 0 Å². The van der Waals surface area contributed by atoms with Crippen molar-refractivity contribution in [2.24, 2.45) is 7.05 Å². The zero-order chi connectivity index (χ0) is 13.1. The summed E-state index contributed by atoms with van der Waals surface area (Å²) in [5, 5.41) is 8.64. The van der Waals surface area contributed by atoms with Crippen LogP contribution >= 0.6 is 0 Å². The molecule has 0 aliphatic heterocycles. The Hall–Kier alpha value is -2.17. The van der Waals surface area contributed by atoms with Gasteiger partial charge in [-0.1, -0.05) is 12.1 Å². The molecular formula is C13H13FN2O2. The van der Waals surface area contributed by atoms with E-state index >= 15 is 0 Å². The van der Waals surface area contributed by atoms with Crippen LogP contribution in [0.15, 0.2) is 30.5 Å². The van der Waals surface area contributed by atoms with E-state index in [1.807, 2.05) is 0 Å². The maximum atomic E-state index is 13.6. The maximum Gasteiger partial charge on any atom is 0.303 e. The number of hydrogen-bond acceptors (Lipinski definition) is 2. The number of aryl methyl sites for hydroxylation is 1. The maximum absolute atomic E-state index is 13.6. The van der Waals surface area contributed by atoms with Crippen LogP contribution in [0.5, 0.6) is 0 Å². The van der Waals surface area contributed by atoms with E-state index in [0.717, 1.165) is 5.69 Å². The zero-order valence-corrected chi connectivity index (χ0v) is 9.93. The molecule has 1 N–H and O–H groups in total. The summed E-state index contributed by atoms with van der Waals surface area (Å²) < 4.78 is 15.4. The Balaban J connectivity index is 2.31. The molecule has 0 unspecified atom stereocenters. The highest BCUT2D eigenvalue weighted by Gasteiger charge is 2.12. The van der Waals surface area contributed by atoms with E-state index in [1.54, 1.807) is 36.0 Å². The number of aliphatic carboxylic acids is 1. The molecular weight excluding hydrogens is 235 g/mol. The zero-order valence-electron chi connectivity index (χ0n) is 9.93. The van der Waals surface area contributed by atoms with E-state index in [1.165, 1.54) is 6.07 Å². The fraction of sp³-hybridized carbons (Fsp3) is 0.231. The lowest BCUT2D eigenvalue weighted by atomic mass is 10.2. The van der Waals surface area contributed by atoms with Crippen LogP contribution in [0.1, 0.15) is 12.1 Å². The molecule has 2 aromatic rings. The minimum Gasteiger partial charge on any atom is -0.481 e. The van der Waals surface area contributed by atoms with Crippen molar-refractivity contribution in [2.45, 2.75) is 12.8 Å². The molecule has 2 rings (SSSR count). The Labute approximate surface area is 104 Å². The van der Waals surface area contributed by atoms with Gasteiger partial charge < -0.3 is 9.67 Å². The van der Waals surface area contributed by atoms with Gasteiger partial charge in [-0.05, 0) is 18.6 Å². The van der Waals surface area contributed by atoms with Crippen molar-refractivity contribution in [3.63, 3.8) is 0 Å². The van der Waals surface area contributed by atoms with Crippen molar-refractivity contribution in [3.8, 4) is 11.4 Å². The largest absolute Gasteiger partial charge is 0.481 e. The Kier molecular flexibility index (Phi) is 3.41. The highest BCUT2D eigenvalue weighted by molar-refractivity contribution is 5.67. The molecule has 5 heteroatoms. The molecule has 0 amide bonds. The fourth-order valence-corrected chi connectivity index (χ4v) is 1.80. The summed E-state index contributed by atoms with van der Waals surface area (Å²) in [5.41, 5.74) is 1.19. The number of carbonyl (C=O) groups is 1. The molecule has 4 nitrogen and oxygen atoms in total. The Bertz CT molecular complexity index is 578. The van der Waals surface area contributed by atoms with Gasteiger partial charge in [-0.2, -0.15) is 0 Å². The molecule has 0 saturated carbocycles. The number of hydrogen-bond donors (Lipinski definition) is 1. The molecule has 0 saturated heterocycles. The second kappa shape index (κ2) is 5.00. The monoisotopic (exact) mass is 248 g/mol. The van der Waals surface area contributed by atoms with Crippen molar-refractivity contribution in [1.82, 2.24) is 9.55 Å². The van der Waals surface area contributed by atoms with Gasteiger partial charge in [0.25, 0.3) is 0 Å². The molecule has 0 atom stereocenters. The van der Waals surface area contributed by atoms with Crippen LogP contribution in [0, 0.1) is 5.82 Å². The number of carboxylic acid groups (broad SMARTS) is 1. The molecule has 0 aliphatic rings. The van der Waals surface area contributed by atoms with Gasteiger partial charge in [-0.15, -0.1) is 0 Å². The lowest BCUT2D eigenvalue weighted by Gasteiger charge is -2.06. The molecule has 1 heterocycles. The number of aromatic nitrogens is 2. The van der Waals surface area contributed by atoms with E-state index in [2.05, 4.69) is 4.98 Å². The number of nitrogens with zero attached hydrogens (tertiary/aromatic N) is 2. The minimum atomic E-state index is -0.858. The quantitative estimate of drug-likeness (QED) is 0.902. The van der Waals surface area contributed by atoms with Crippen molar-refractivity contribution in [3.05, 3.63) is 42.0 Å². The topological polar surface area (TPSA) is 55.1 Å². The standard InChI is InChI=1S/C13H13FN2O2/c1-16-9(6-7-12(17)18)8-15-13(16)10-4-2-3-5-11(10)14/h2-5,8H,6-7H2,1H3,(H,17,18). The van der Waals surface area contributed by atoms with Crippen molar-refractivity contribution < 1.29 is 14.3 Å². The van der Waals surface area contributed by atoms with Crippen LogP contribution < -0.4 is 0 Å². The average Bonchev–Trinajstić information content (AvgIpc) is 2.69. The van der Waals surface area contributed by atoms with E-state index in [-0.39, 0.29) is 12.2 Å². The van der Waals surface area contributed by atoms with Gasteiger partial charge >= 0.3 is 5.97 Å².